The van der Waals surface area contributed by atoms with Crippen LogP contribution in [0.5, 0.6) is 0 Å². The highest BCUT2D eigenvalue weighted by molar-refractivity contribution is 6.07. The zero-order chi connectivity index (χ0) is 33.1. The van der Waals surface area contributed by atoms with Crippen LogP contribution in [-0.2, 0) is 4.84 Å². The van der Waals surface area contributed by atoms with E-state index in [0.29, 0.717) is 28.5 Å². The molecule has 2 fully saturated rings. The number of nitrogens with one attached hydrogen (secondary N) is 2. The molecule has 2 aliphatic rings. The summed E-state index contributed by atoms with van der Waals surface area (Å²) in [5.41, 5.74) is 9.63. The van der Waals surface area contributed by atoms with Gasteiger partial charge in [-0.25, -0.2) is 15.0 Å². The van der Waals surface area contributed by atoms with Gasteiger partial charge in [0.15, 0.2) is 5.78 Å². The minimum absolute atomic E-state index is 0.0208. The number of Topliss-reactive ketones (excluding diaryl/α,β-unsaturated/α-hetero) is 1. The fraction of sp³-hybridized carbons (Fsp3) is 0.371. The molecule has 0 radical (unpaired) electrons. The maximum Gasteiger partial charge on any atom is 0.279 e. The van der Waals surface area contributed by atoms with Gasteiger partial charge in [0, 0.05) is 35.6 Å². The van der Waals surface area contributed by atoms with E-state index >= 15 is 0 Å². The number of aryl methyl sites for hydroxylation is 4. The van der Waals surface area contributed by atoms with Crippen molar-refractivity contribution >= 4 is 33.8 Å². The van der Waals surface area contributed by atoms with Gasteiger partial charge in [-0.2, -0.15) is 0 Å². The summed E-state index contributed by atoms with van der Waals surface area (Å²) in [4.78, 5) is 46.0. The minimum atomic E-state index is -0.241. The molecule has 0 bridgehead atoms. The Hall–Kier alpha value is -5.10. The number of carbonyl (C=O) groups excluding carboxylic acids is 2. The molecule has 12 heteroatoms. The highest BCUT2D eigenvalue weighted by Gasteiger charge is 2.30. The lowest BCUT2D eigenvalue weighted by Crippen LogP contribution is -2.25. The van der Waals surface area contributed by atoms with Crippen molar-refractivity contribution in [1.29, 1.82) is 0 Å². The Morgan fingerprint density at radius 1 is 0.766 bits per heavy atom. The summed E-state index contributed by atoms with van der Waals surface area (Å²) < 4.78 is 10.5. The van der Waals surface area contributed by atoms with E-state index in [1.807, 2.05) is 52.0 Å². The number of aromatic nitrogens is 6. The molecule has 0 spiro atoms. The maximum atomic E-state index is 12.8. The number of hydroxylamine groups is 2. The van der Waals surface area contributed by atoms with E-state index in [2.05, 4.69) is 30.2 Å². The van der Waals surface area contributed by atoms with Crippen molar-refractivity contribution in [2.24, 2.45) is 0 Å². The van der Waals surface area contributed by atoms with Gasteiger partial charge in [-0.1, -0.05) is 10.3 Å². The van der Waals surface area contributed by atoms with E-state index in [9.17, 15) is 9.59 Å². The van der Waals surface area contributed by atoms with Crippen molar-refractivity contribution in [3.05, 3.63) is 69.9 Å². The largest absolute Gasteiger partial charge is 0.361 e. The summed E-state index contributed by atoms with van der Waals surface area (Å²) in [6.07, 6.45) is 4.62. The molecule has 4 heterocycles. The number of carbonyl (C=O) groups is 2. The SMILES string of the molecule is CC(=O)c1cc(-c2c(C)noc2C)cc2[nH]c(C3CC3)nc12.CON(C)C(=O)c1cc(-c2c(C)noc2C)cc2[nH]c(C3CC3)nc12. The summed E-state index contributed by atoms with van der Waals surface area (Å²) in [5.74, 6) is 4.19. The van der Waals surface area contributed by atoms with Gasteiger partial charge < -0.3 is 19.0 Å². The van der Waals surface area contributed by atoms with Gasteiger partial charge in [-0.15, -0.1) is 0 Å². The molecule has 2 aliphatic carbocycles. The third-order valence-electron chi connectivity index (χ3n) is 8.95. The highest BCUT2D eigenvalue weighted by Crippen LogP contribution is 2.41. The molecule has 0 unspecified atom stereocenters. The summed E-state index contributed by atoms with van der Waals surface area (Å²) >= 11 is 0. The number of ketones is 1. The second-order valence-electron chi connectivity index (χ2n) is 12.6. The van der Waals surface area contributed by atoms with Crippen LogP contribution in [0.2, 0.25) is 0 Å². The van der Waals surface area contributed by atoms with Gasteiger partial charge in [0.2, 0.25) is 0 Å². The van der Waals surface area contributed by atoms with Crippen molar-refractivity contribution < 1.29 is 23.5 Å². The molecular weight excluding hydrogens is 598 g/mol. The molecule has 47 heavy (non-hydrogen) atoms. The Kier molecular flexibility index (Phi) is 7.54. The van der Waals surface area contributed by atoms with Gasteiger partial charge in [-0.05, 0) is 95.7 Å². The molecule has 2 saturated carbocycles. The second-order valence-corrected chi connectivity index (χ2v) is 12.6. The van der Waals surface area contributed by atoms with Gasteiger partial charge in [0.25, 0.3) is 5.91 Å². The monoisotopic (exact) mass is 635 g/mol. The molecule has 4 aromatic heterocycles. The van der Waals surface area contributed by atoms with Gasteiger partial charge in [-0.3, -0.25) is 14.4 Å². The fourth-order valence-corrected chi connectivity index (χ4v) is 6.14. The molecule has 8 rings (SSSR count). The van der Waals surface area contributed by atoms with Crippen molar-refractivity contribution in [2.45, 2.75) is 72.1 Å². The van der Waals surface area contributed by atoms with Gasteiger partial charge in [0.05, 0.1) is 40.6 Å². The number of fused-ring (bicyclic) bond motifs is 2. The standard InChI is InChI=1S/C18H20N4O3.C17H17N3O2/c1-9-15(10(2)25-21-9)12-7-13(18(23)22(3)24-4)16-14(8-12)19-17(20-16)11-5-6-11;1-8-15(10(3)22-20-8)12-6-13(9(2)21)16-14(7-12)18-17(19-16)11-4-5-11/h7-8,11H,5-6H2,1-4H3,(H,19,20);6-7,11H,4-5H2,1-3H3,(H,18,19). The Bertz CT molecular complexity index is 2140. The Morgan fingerprint density at radius 2 is 1.21 bits per heavy atom. The molecule has 0 atom stereocenters. The van der Waals surface area contributed by atoms with Crippen LogP contribution in [-0.4, -0.2) is 61.2 Å². The first-order valence-corrected chi connectivity index (χ1v) is 15.8. The zero-order valence-electron chi connectivity index (χ0n) is 27.6. The van der Waals surface area contributed by atoms with E-state index < -0.39 is 0 Å². The first-order valence-electron chi connectivity index (χ1n) is 15.8. The molecular formula is C35H37N7O5. The topological polar surface area (TPSA) is 156 Å². The molecule has 1 amide bonds. The van der Waals surface area contributed by atoms with Crippen LogP contribution in [0, 0.1) is 27.7 Å². The van der Waals surface area contributed by atoms with E-state index in [4.69, 9.17) is 13.9 Å². The van der Waals surface area contributed by atoms with Gasteiger partial charge >= 0.3 is 0 Å². The molecule has 242 valence electrons. The number of hydrogen-bond acceptors (Lipinski definition) is 9. The third kappa shape index (κ3) is 5.62. The van der Waals surface area contributed by atoms with Crippen LogP contribution >= 0.6 is 0 Å². The second kappa shape index (κ2) is 11.6. The number of nitrogens with zero attached hydrogens (tertiary/aromatic N) is 5. The quantitative estimate of drug-likeness (QED) is 0.136. The van der Waals surface area contributed by atoms with Crippen LogP contribution < -0.4 is 0 Å². The van der Waals surface area contributed by atoms with Gasteiger partial charge in [0.1, 0.15) is 28.7 Å². The summed E-state index contributed by atoms with van der Waals surface area (Å²) in [7, 11) is 3.05. The van der Waals surface area contributed by atoms with Crippen molar-refractivity contribution in [1.82, 2.24) is 35.3 Å². The van der Waals surface area contributed by atoms with Crippen LogP contribution in [0.25, 0.3) is 44.3 Å². The number of aromatic amines is 2. The molecule has 6 aromatic rings. The van der Waals surface area contributed by atoms with E-state index in [-0.39, 0.29) is 11.7 Å². The maximum absolute atomic E-state index is 12.8. The lowest BCUT2D eigenvalue weighted by molar-refractivity contribution is -0.0755. The van der Waals surface area contributed by atoms with Crippen LogP contribution in [0.15, 0.2) is 33.3 Å². The number of hydrogen-bond donors (Lipinski definition) is 2. The fourth-order valence-electron chi connectivity index (χ4n) is 6.14. The lowest BCUT2D eigenvalue weighted by Gasteiger charge is -2.14. The van der Waals surface area contributed by atoms with Crippen molar-refractivity contribution in [3.8, 4) is 22.3 Å². The highest BCUT2D eigenvalue weighted by atomic mass is 16.7. The number of benzene rings is 2. The summed E-state index contributed by atoms with van der Waals surface area (Å²) in [6.45, 7) is 9.13. The normalized spacial score (nSPS) is 14.4. The third-order valence-corrected chi connectivity index (χ3v) is 8.95. The van der Waals surface area contributed by atoms with Crippen LogP contribution in [0.3, 0.4) is 0 Å². The summed E-state index contributed by atoms with van der Waals surface area (Å²) in [6, 6.07) is 7.77. The van der Waals surface area contributed by atoms with E-state index in [1.165, 1.54) is 25.0 Å². The first-order chi connectivity index (χ1) is 22.5. The number of rotatable bonds is 7. The first kappa shape index (κ1) is 30.5. The smallest absolute Gasteiger partial charge is 0.279 e. The molecule has 0 aliphatic heterocycles. The molecule has 0 saturated heterocycles. The number of imidazole rings is 2. The Morgan fingerprint density at radius 3 is 1.60 bits per heavy atom. The number of amides is 1. The Labute approximate surface area is 270 Å². The predicted molar refractivity (Wildman–Crippen MR) is 175 cm³/mol. The number of H-pyrrole nitrogens is 2. The summed E-state index contributed by atoms with van der Waals surface area (Å²) in [5, 5.41) is 9.23. The van der Waals surface area contributed by atoms with Crippen molar-refractivity contribution in [2.75, 3.05) is 14.2 Å². The molecule has 2 N–H and O–H groups in total. The van der Waals surface area contributed by atoms with E-state index in [1.54, 1.807) is 14.0 Å². The molecule has 2 aromatic carbocycles. The minimum Gasteiger partial charge on any atom is -0.361 e. The van der Waals surface area contributed by atoms with E-state index in [0.717, 1.165) is 86.2 Å². The van der Waals surface area contributed by atoms with Crippen LogP contribution in [0.4, 0.5) is 0 Å². The lowest BCUT2D eigenvalue weighted by atomic mass is 9.99. The Balaban J connectivity index is 0.000000151. The molecule has 12 nitrogen and oxygen atoms in total. The average molecular weight is 636 g/mol. The van der Waals surface area contributed by atoms with Crippen LogP contribution in [0.1, 0.15) is 99.7 Å². The predicted octanol–water partition coefficient (Wildman–Crippen LogP) is 7.26. The van der Waals surface area contributed by atoms with Crippen molar-refractivity contribution in [3.63, 3.8) is 0 Å². The zero-order valence-corrected chi connectivity index (χ0v) is 27.6. The average Bonchev–Trinajstić information content (AvgIpc) is 3.94.